The molecule has 0 aromatic carbocycles. The molecule has 2 N–H and O–H groups in total. The summed E-state index contributed by atoms with van der Waals surface area (Å²) in [6, 6.07) is 3.67. The van der Waals surface area contributed by atoms with Crippen LogP contribution in [0.15, 0.2) is 30.7 Å². The maximum atomic E-state index is 12.9. The molecule has 2 fully saturated rings. The molecule has 176 valence electrons. The topological polar surface area (TPSA) is 135 Å². The Hall–Kier alpha value is -3.40. The standard InChI is InChI=1S/C22H27N5O3.CH2O2/c1-14-3-4-16(7-23-14)22(29)27-10-18-13-30-12-17(20(18)11-27)5-21(28)26-9-19-8-24-15(2)6-25-19;2-1-3/h3-4,6-8,17-18,20H,5,9-13H2,1-2H3,(H,26,28);1H,(H,2,3)/t17-,18-,20+;/m1./s1. The van der Waals surface area contributed by atoms with Gasteiger partial charge in [0.25, 0.3) is 12.4 Å². The Morgan fingerprint density at radius 3 is 2.55 bits per heavy atom. The summed E-state index contributed by atoms with van der Waals surface area (Å²) in [7, 11) is 0. The van der Waals surface area contributed by atoms with Crippen LogP contribution in [0.25, 0.3) is 0 Å². The lowest BCUT2D eigenvalue weighted by atomic mass is 9.81. The number of likely N-dealkylation sites (tertiary alicyclic amines) is 1. The van der Waals surface area contributed by atoms with Gasteiger partial charge in [-0.2, -0.15) is 0 Å². The second-order valence-electron chi connectivity index (χ2n) is 8.36. The van der Waals surface area contributed by atoms with E-state index in [1.807, 2.05) is 30.9 Å². The van der Waals surface area contributed by atoms with Crippen molar-refractivity contribution < 1.29 is 24.2 Å². The van der Waals surface area contributed by atoms with E-state index < -0.39 is 0 Å². The fourth-order valence-corrected chi connectivity index (χ4v) is 4.26. The second-order valence-corrected chi connectivity index (χ2v) is 8.36. The van der Waals surface area contributed by atoms with Gasteiger partial charge < -0.3 is 20.1 Å². The van der Waals surface area contributed by atoms with Crippen molar-refractivity contribution in [2.75, 3.05) is 26.3 Å². The number of pyridine rings is 1. The highest BCUT2D eigenvalue weighted by molar-refractivity contribution is 5.94. The Balaban J connectivity index is 0.000000968. The Kier molecular flexibility index (Phi) is 8.42. The van der Waals surface area contributed by atoms with Gasteiger partial charge in [0.15, 0.2) is 0 Å². The fraction of sp³-hybridized carbons (Fsp3) is 0.478. The van der Waals surface area contributed by atoms with Crippen molar-refractivity contribution in [3.05, 3.63) is 53.4 Å². The highest BCUT2D eigenvalue weighted by Crippen LogP contribution is 2.36. The number of aryl methyl sites for hydroxylation is 2. The Morgan fingerprint density at radius 2 is 1.88 bits per heavy atom. The number of hydrogen-bond donors (Lipinski definition) is 2. The van der Waals surface area contributed by atoms with Crippen LogP contribution < -0.4 is 5.32 Å². The number of carboxylic acid groups (broad SMARTS) is 1. The number of fused-ring (bicyclic) bond motifs is 1. The first-order valence-corrected chi connectivity index (χ1v) is 10.8. The number of carbonyl (C=O) groups excluding carboxylic acids is 2. The third kappa shape index (κ3) is 6.55. The molecule has 0 unspecified atom stereocenters. The monoisotopic (exact) mass is 455 g/mol. The van der Waals surface area contributed by atoms with Crippen LogP contribution in [0.4, 0.5) is 0 Å². The second kappa shape index (κ2) is 11.5. The van der Waals surface area contributed by atoms with E-state index in [0.29, 0.717) is 44.8 Å². The summed E-state index contributed by atoms with van der Waals surface area (Å²) in [5.74, 6) is 0.604. The summed E-state index contributed by atoms with van der Waals surface area (Å²) < 4.78 is 5.77. The summed E-state index contributed by atoms with van der Waals surface area (Å²) in [5.41, 5.74) is 3.07. The molecule has 0 radical (unpaired) electrons. The molecule has 10 nitrogen and oxygen atoms in total. The van der Waals surface area contributed by atoms with Crippen LogP contribution >= 0.6 is 0 Å². The molecular weight excluding hydrogens is 426 g/mol. The van der Waals surface area contributed by atoms with Crippen LogP contribution in [0.5, 0.6) is 0 Å². The molecular formula is C23H29N5O5. The fourth-order valence-electron chi connectivity index (χ4n) is 4.26. The van der Waals surface area contributed by atoms with Gasteiger partial charge in [-0.25, -0.2) is 0 Å². The summed E-state index contributed by atoms with van der Waals surface area (Å²) in [4.78, 5) is 48.3. The number of carbonyl (C=O) groups is 3. The molecule has 10 heteroatoms. The number of rotatable bonds is 5. The van der Waals surface area contributed by atoms with Crippen LogP contribution in [0.2, 0.25) is 0 Å². The van der Waals surface area contributed by atoms with Crippen LogP contribution in [0.3, 0.4) is 0 Å². The number of ether oxygens (including phenoxy) is 1. The van der Waals surface area contributed by atoms with Crippen LogP contribution in [0.1, 0.15) is 33.9 Å². The lowest BCUT2D eigenvalue weighted by molar-refractivity contribution is -0.125. The molecule has 0 bridgehead atoms. The number of amides is 2. The molecule has 3 atom stereocenters. The Morgan fingerprint density at radius 1 is 1.12 bits per heavy atom. The summed E-state index contributed by atoms with van der Waals surface area (Å²) >= 11 is 0. The van der Waals surface area contributed by atoms with E-state index in [9.17, 15) is 9.59 Å². The number of aromatic nitrogens is 3. The number of hydrogen-bond acceptors (Lipinski definition) is 7. The van der Waals surface area contributed by atoms with E-state index in [-0.39, 0.29) is 36.0 Å². The van der Waals surface area contributed by atoms with Gasteiger partial charge >= 0.3 is 0 Å². The van der Waals surface area contributed by atoms with Crippen molar-refractivity contribution in [1.29, 1.82) is 0 Å². The first-order valence-electron chi connectivity index (χ1n) is 10.8. The van der Waals surface area contributed by atoms with Gasteiger partial charge in [0.1, 0.15) is 0 Å². The molecule has 4 heterocycles. The minimum absolute atomic E-state index is 0.00181. The zero-order chi connectivity index (χ0) is 23.8. The van der Waals surface area contributed by atoms with E-state index in [1.165, 1.54) is 0 Å². The molecule has 33 heavy (non-hydrogen) atoms. The third-order valence-corrected chi connectivity index (χ3v) is 5.96. The maximum Gasteiger partial charge on any atom is 0.290 e. The van der Waals surface area contributed by atoms with Crippen LogP contribution in [-0.2, 0) is 20.9 Å². The van der Waals surface area contributed by atoms with E-state index in [4.69, 9.17) is 14.6 Å². The van der Waals surface area contributed by atoms with Gasteiger partial charge in [-0.3, -0.25) is 29.3 Å². The van der Waals surface area contributed by atoms with Crippen molar-refractivity contribution in [3.8, 4) is 0 Å². The average molecular weight is 456 g/mol. The number of nitrogens with one attached hydrogen (secondary N) is 1. The average Bonchev–Trinajstić information content (AvgIpc) is 3.25. The molecule has 2 amide bonds. The van der Waals surface area contributed by atoms with Crippen molar-refractivity contribution in [3.63, 3.8) is 0 Å². The third-order valence-electron chi connectivity index (χ3n) is 5.96. The number of nitrogens with zero attached hydrogens (tertiary/aromatic N) is 4. The predicted molar refractivity (Wildman–Crippen MR) is 118 cm³/mol. The molecule has 2 aliphatic rings. The Labute approximate surface area is 192 Å². The van der Waals surface area contributed by atoms with Crippen molar-refractivity contribution in [2.45, 2.75) is 26.8 Å². The van der Waals surface area contributed by atoms with Gasteiger partial charge in [-0.1, -0.05) is 0 Å². The molecule has 4 rings (SSSR count). The summed E-state index contributed by atoms with van der Waals surface area (Å²) in [6.07, 6.45) is 5.38. The summed E-state index contributed by atoms with van der Waals surface area (Å²) in [5, 5.41) is 9.81. The van der Waals surface area contributed by atoms with E-state index >= 15 is 0 Å². The van der Waals surface area contributed by atoms with Gasteiger partial charge in [0.2, 0.25) is 5.91 Å². The maximum absolute atomic E-state index is 12.9. The molecule has 2 aromatic heterocycles. The van der Waals surface area contributed by atoms with Gasteiger partial charge in [0, 0.05) is 43.5 Å². The SMILES string of the molecule is Cc1ccc(C(=O)N2C[C@@H]3COC[C@@H](CC(=O)NCc4cnc(C)cn4)[C@@H]3C2)cn1.O=CO. The van der Waals surface area contributed by atoms with Crippen molar-refractivity contribution in [2.24, 2.45) is 17.8 Å². The zero-order valence-electron chi connectivity index (χ0n) is 18.8. The van der Waals surface area contributed by atoms with Crippen molar-refractivity contribution in [1.82, 2.24) is 25.2 Å². The van der Waals surface area contributed by atoms with Crippen LogP contribution in [-0.4, -0.2) is 69.5 Å². The van der Waals surface area contributed by atoms with Gasteiger partial charge in [-0.05, 0) is 37.8 Å². The molecule has 2 saturated heterocycles. The summed E-state index contributed by atoms with van der Waals surface area (Å²) in [6.45, 7) is 6.39. The molecule has 0 spiro atoms. The first kappa shape index (κ1) is 24.2. The lowest BCUT2D eigenvalue weighted by Gasteiger charge is -2.32. The molecule has 0 aliphatic carbocycles. The van der Waals surface area contributed by atoms with Gasteiger partial charge in [-0.15, -0.1) is 0 Å². The van der Waals surface area contributed by atoms with E-state index in [1.54, 1.807) is 18.6 Å². The van der Waals surface area contributed by atoms with E-state index in [0.717, 1.165) is 17.1 Å². The Bertz CT molecular complexity index is 951. The highest BCUT2D eigenvalue weighted by Gasteiger charge is 2.43. The van der Waals surface area contributed by atoms with E-state index in [2.05, 4.69) is 20.3 Å². The smallest absolute Gasteiger partial charge is 0.290 e. The van der Waals surface area contributed by atoms with Crippen LogP contribution in [0, 0.1) is 31.6 Å². The normalized spacial score (nSPS) is 21.4. The minimum atomic E-state index is -0.250. The lowest BCUT2D eigenvalue weighted by Crippen LogP contribution is -2.38. The zero-order valence-corrected chi connectivity index (χ0v) is 18.8. The highest BCUT2D eigenvalue weighted by atomic mass is 16.5. The van der Waals surface area contributed by atoms with Crippen molar-refractivity contribution >= 4 is 18.3 Å². The minimum Gasteiger partial charge on any atom is -0.483 e. The largest absolute Gasteiger partial charge is 0.483 e. The first-order chi connectivity index (χ1) is 15.9. The quantitative estimate of drug-likeness (QED) is 0.643. The molecule has 2 aliphatic heterocycles. The predicted octanol–water partition coefficient (Wildman–Crippen LogP) is 1.23. The van der Waals surface area contributed by atoms with Gasteiger partial charge in [0.05, 0.1) is 42.9 Å². The molecule has 2 aromatic rings. The molecule has 0 saturated carbocycles.